The maximum Gasteiger partial charge on any atom is 0.469 e. The van der Waals surface area contributed by atoms with Gasteiger partial charge in [0.2, 0.25) is 0 Å². The molecule has 0 radical (unpaired) electrons. The lowest BCUT2D eigenvalue weighted by Crippen LogP contribution is -2.71. The van der Waals surface area contributed by atoms with E-state index in [1.54, 1.807) is 0 Å². The van der Waals surface area contributed by atoms with Crippen LogP contribution in [-0.4, -0.2) is 89.9 Å². The minimum atomic E-state index is -4.97. The average Bonchev–Trinajstić information content (AvgIpc) is 2.46. The van der Waals surface area contributed by atoms with Crippen LogP contribution in [0.4, 0.5) is 0 Å². The predicted molar refractivity (Wildman–Crippen MR) is 75.6 cm³/mol. The van der Waals surface area contributed by atoms with Crippen molar-refractivity contribution in [1.29, 1.82) is 0 Å². The standard InChI is InChI=1S/C11H20NO12P/c1-3(13)5-8(16)6(12)9(24-11(5,19)10(17)18)7(15)4(14)2-23-25(20,21)22/h4-9,14-16,19H,2,12H2,1H3,(H,17,18)(H2,20,21,22)/t4-,5?,6-,7-,8+,9-,11?/m1/s1. The maximum atomic E-state index is 11.6. The van der Waals surface area contributed by atoms with E-state index in [1.807, 2.05) is 0 Å². The van der Waals surface area contributed by atoms with Gasteiger partial charge in [-0.25, -0.2) is 9.36 Å². The molecule has 13 nitrogen and oxygen atoms in total. The number of phosphoric ester groups is 1. The highest BCUT2D eigenvalue weighted by Gasteiger charge is 2.61. The third-order valence-electron chi connectivity index (χ3n) is 3.74. The van der Waals surface area contributed by atoms with Crippen molar-refractivity contribution in [3.8, 4) is 0 Å². The summed E-state index contributed by atoms with van der Waals surface area (Å²) >= 11 is 0. The molecule has 146 valence electrons. The summed E-state index contributed by atoms with van der Waals surface area (Å²) in [5.41, 5.74) is 5.60. The summed E-state index contributed by atoms with van der Waals surface area (Å²) in [5.74, 6) is -8.20. The molecule has 1 saturated heterocycles. The van der Waals surface area contributed by atoms with Gasteiger partial charge in [0.1, 0.15) is 30.0 Å². The van der Waals surface area contributed by atoms with Crippen LogP contribution < -0.4 is 5.73 Å². The topological polar surface area (TPSA) is 237 Å². The molecule has 0 aliphatic carbocycles. The zero-order valence-electron chi connectivity index (χ0n) is 12.9. The van der Waals surface area contributed by atoms with Crippen LogP contribution in [0.1, 0.15) is 6.92 Å². The van der Waals surface area contributed by atoms with Gasteiger partial charge in [-0.15, -0.1) is 0 Å². The van der Waals surface area contributed by atoms with Gasteiger partial charge < -0.3 is 45.8 Å². The van der Waals surface area contributed by atoms with E-state index in [2.05, 4.69) is 4.52 Å². The summed E-state index contributed by atoms with van der Waals surface area (Å²) in [5, 5.41) is 49.0. The van der Waals surface area contributed by atoms with Gasteiger partial charge in [0.15, 0.2) is 0 Å². The molecule has 1 aliphatic heterocycles. The largest absolute Gasteiger partial charge is 0.477 e. The molecule has 1 fully saturated rings. The Labute approximate surface area is 140 Å². The van der Waals surface area contributed by atoms with E-state index in [-0.39, 0.29) is 0 Å². The summed E-state index contributed by atoms with van der Waals surface area (Å²) in [7, 11) is -4.97. The first kappa shape index (κ1) is 22.1. The lowest BCUT2D eigenvalue weighted by Gasteiger charge is -2.47. The van der Waals surface area contributed by atoms with Crippen LogP contribution in [-0.2, 0) is 23.4 Å². The molecule has 0 saturated carbocycles. The van der Waals surface area contributed by atoms with Crippen molar-refractivity contribution in [3.05, 3.63) is 0 Å². The number of ketones is 1. The second-order valence-electron chi connectivity index (χ2n) is 5.58. The van der Waals surface area contributed by atoms with Crippen molar-refractivity contribution < 1.29 is 58.7 Å². The molecule has 1 heterocycles. The number of hydrogen-bond donors (Lipinski definition) is 8. The second kappa shape index (κ2) is 7.72. The van der Waals surface area contributed by atoms with Crippen LogP contribution in [0.2, 0.25) is 0 Å². The zero-order valence-corrected chi connectivity index (χ0v) is 13.8. The maximum absolute atomic E-state index is 11.6. The number of carboxylic acids is 1. The van der Waals surface area contributed by atoms with Gasteiger partial charge >= 0.3 is 13.8 Å². The van der Waals surface area contributed by atoms with E-state index in [1.165, 1.54) is 0 Å². The molecule has 7 atom stereocenters. The molecule has 0 spiro atoms. The first-order valence-corrected chi connectivity index (χ1v) is 8.39. The lowest BCUT2D eigenvalue weighted by atomic mass is 9.79. The Hall–Kier alpha value is -0.990. The highest BCUT2D eigenvalue weighted by Crippen LogP contribution is 2.37. The molecule has 0 aromatic heterocycles. The Balaban J connectivity index is 3.06. The highest BCUT2D eigenvalue weighted by atomic mass is 31.2. The van der Waals surface area contributed by atoms with Crippen molar-refractivity contribution in [3.63, 3.8) is 0 Å². The molecule has 0 bridgehead atoms. The normalized spacial score (nSPS) is 35.8. The van der Waals surface area contributed by atoms with Crippen molar-refractivity contribution in [2.24, 2.45) is 11.7 Å². The number of rotatable bonds is 7. The van der Waals surface area contributed by atoms with Crippen LogP contribution in [0.15, 0.2) is 0 Å². The lowest BCUT2D eigenvalue weighted by molar-refractivity contribution is -0.311. The first-order valence-electron chi connectivity index (χ1n) is 6.86. The molecule has 0 aromatic rings. The fourth-order valence-electron chi connectivity index (χ4n) is 2.50. The first-order chi connectivity index (χ1) is 11.2. The summed E-state index contributed by atoms with van der Waals surface area (Å²) in [6, 6.07) is -1.62. The third-order valence-corrected chi connectivity index (χ3v) is 4.23. The van der Waals surface area contributed by atoms with E-state index in [0.29, 0.717) is 0 Å². The summed E-state index contributed by atoms with van der Waals surface area (Å²) < 4.78 is 19.4. The average molecular weight is 389 g/mol. The van der Waals surface area contributed by atoms with Gasteiger partial charge in [-0.2, -0.15) is 0 Å². The molecule has 9 N–H and O–H groups in total. The molecule has 14 heteroatoms. The molecule has 1 rings (SSSR count). The Kier molecular flexibility index (Phi) is 6.81. The number of aliphatic carboxylic acids is 1. The molecule has 1 aliphatic rings. The van der Waals surface area contributed by atoms with E-state index >= 15 is 0 Å². The molecule has 25 heavy (non-hydrogen) atoms. The summed E-state index contributed by atoms with van der Waals surface area (Å²) in [4.78, 5) is 39.9. The molecule has 0 aromatic carbocycles. The number of aliphatic hydroxyl groups excluding tert-OH is 3. The number of aliphatic hydroxyl groups is 4. The number of carbonyl (C=O) groups is 2. The monoisotopic (exact) mass is 389 g/mol. The zero-order chi connectivity index (χ0) is 19.7. The van der Waals surface area contributed by atoms with E-state index in [9.17, 15) is 34.6 Å². The number of phosphoric acid groups is 1. The Morgan fingerprint density at radius 1 is 1.36 bits per heavy atom. The van der Waals surface area contributed by atoms with Crippen LogP contribution in [0.25, 0.3) is 0 Å². The fourth-order valence-corrected chi connectivity index (χ4v) is 2.84. The van der Waals surface area contributed by atoms with Crippen LogP contribution in [0.5, 0.6) is 0 Å². The summed E-state index contributed by atoms with van der Waals surface area (Å²) in [6.07, 6.45) is -8.00. The van der Waals surface area contributed by atoms with Gasteiger partial charge in [0.25, 0.3) is 5.79 Å². The van der Waals surface area contributed by atoms with E-state index in [4.69, 9.17) is 25.4 Å². The number of nitrogens with two attached hydrogens (primary N) is 1. The van der Waals surface area contributed by atoms with Gasteiger partial charge in [0, 0.05) is 0 Å². The van der Waals surface area contributed by atoms with Crippen LogP contribution >= 0.6 is 7.82 Å². The molecule has 0 amide bonds. The minimum absolute atomic E-state index is 0.886. The van der Waals surface area contributed by atoms with E-state index < -0.39 is 68.3 Å². The Morgan fingerprint density at radius 2 is 1.88 bits per heavy atom. The number of ether oxygens (including phenoxy) is 1. The highest BCUT2D eigenvalue weighted by molar-refractivity contribution is 7.46. The smallest absolute Gasteiger partial charge is 0.469 e. The van der Waals surface area contributed by atoms with Crippen molar-refractivity contribution >= 4 is 19.6 Å². The number of carbonyl (C=O) groups excluding carboxylic acids is 1. The van der Waals surface area contributed by atoms with Crippen molar-refractivity contribution in [2.45, 2.75) is 43.2 Å². The number of hydrogen-bond acceptors (Lipinski definition) is 10. The van der Waals surface area contributed by atoms with Crippen molar-refractivity contribution in [1.82, 2.24) is 0 Å². The minimum Gasteiger partial charge on any atom is -0.477 e. The third kappa shape index (κ3) is 4.80. The van der Waals surface area contributed by atoms with Crippen molar-refractivity contribution in [2.75, 3.05) is 6.61 Å². The molecular formula is C11H20NO12P. The summed E-state index contributed by atoms with van der Waals surface area (Å²) in [6.45, 7) is -0.201. The van der Waals surface area contributed by atoms with Gasteiger partial charge in [-0.1, -0.05) is 0 Å². The number of carboxylic acid groups (broad SMARTS) is 1. The van der Waals surface area contributed by atoms with Crippen LogP contribution in [0.3, 0.4) is 0 Å². The Bertz CT molecular complexity index is 565. The van der Waals surface area contributed by atoms with Gasteiger partial charge in [-0.05, 0) is 6.92 Å². The second-order valence-corrected chi connectivity index (χ2v) is 6.82. The van der Waals surface area contributed by atoms with E-state index in [0.717, 1.165) is 6.92 Å². The molecule has 2 unspecified atom stereocenters. The van der Waals surface area contributed by atoms with Gasteiger partial charge in [0.05, 0.1) is 18.8 Å². The predicted octanol–water partition coefficient (Wildman–Crippen LogP) is -4.12. The quantitative estimate of drug-likeness (QED) is 0.193. The van der Waals surface area contributed by atoms with Crippen LogP contribution in [0, 0.1) is 5.92 Å². The number of Topliss-reactive ketones (excluding diaryl/α,β-unsaturated/α-hetero) is 1. The molecular weight excluding hydrogens is 369 g/mol. The van der Waals surface area contributed by atoms with Gasteiger partial charge in [-0.3, -0.25) is 9.32 Å². The SMILES string of the molecule is CC(=O)C1[C@H](O)[C@@H](N)[C@H]([C@H](O)[C@H](O)COP(=O)(O)O)OC1(O)C(=O)O. The Morgan fingerprint density at radius 3 is 2.28 bits per heavy atom. The fraction of sp³-hybridized carbons (Fsp3) is 0.818.